The second-order valence-electron chi connectivity index (χ2n) is 10.1. The molecule has 0 bridgehead atoms. The zero-order valence-corrected chi connectivity index (χ0v) is 19.1. The van der Waals surface area contributed by atoms with Gasteiger partial charge in [-0.25, -0.2) is 9.18 Å². The number of carbonyl (C=O) groups excluding carboxylic acids is 1. The largest absolute Gasteiger partial charge is 0.495 e. The summed E-state index contributed by atoms with van der Waals surface area (Å²) in [6.45, 7) is 14.5. The maximum Gasteiger partial charge on any atom is 0.495 e. The van der Waals surface area contributed by atoms with Crippen LogP contribution in [0.4, 0.5) is 9.18 Å². The Morgan fingerprint density at radius 1 is 1.10 bits per heavy atom. The molecule has 0 spiro atoms. The quantitative estimate of drug-likeness (QED) is 0.693. The molecule has 0 radical (unpaired) electrons. The van der Waals surface area contributed by atoms with Gasteiger partial charge < -0.3 is 23.7 Å². The first-order chi connectivity index (χ1) is 13.8. The molecule has 3 rings (SSSR count). The van der Waals surface area contributed by atoms with Gasteiger partial charge in [0.2, 0.25) is 0 Å². The van der Waals surface area contributed by atoms with Crippen LogP contribution in [0.1, 0.15) is 61.3 Å². The Morgan fingerprint density at radius 3 is 2.20 bits per heavy atom. The van der Waals surface area contributed by atoms with Crippen molar-refractivity contribution in [1.82, 2.24) is 4.90 Å². The summed E-state index contributed by atoms with van der Waals surface area (Å²) < 4.78 is 37.8. The molecule has 0 atom stereocenters. The molecule has 1 amide bonds. The van der Waals surface area contributed by atoms with Crippen LogP contribution in [0, 0.1) is 5.82 Å². The molecule has 0 N–H and O–H groups in total. The lowest BCUT2D eigenvalue weighted by Crippen LogP contribution is -2.44. The molecule has 8 heteroatoms. The summed E-state index contributed by atoms with van der Waals surface area (Å²) in [6, 6.07) is 4.56. The smallest absolute Gasteiger partial charge is 0.490 e. The van der Waals surface area contributed by atoms with Gasteiger partial charge in [-0.05, 0) is 66.1 Å². The summed E-state index contributed by atoms with van der Waals surface area (Å²) in [5.41, 5.74) is -0.926. The summed E-state index contributed by atoms with van der Waals surface area (Å²) in [7, 11) is -0.651. The molecular formula is C22H33BFNO5. The third-order valence-electron chi connectivity index (χ3n) is 5.82. The predicted octanol–water partition coefficient (Wildman–Crippen LogP) is 3.90. The lowest BCUT2D eigenvalue weighted by atomic mass is 9.79. The van der Waals surface area contributed by atoms with E-state index in [1.54, 1.807) is 11.0 Å². The van der Waals surface area contributed by atoms with Crippen LogP contribution in [0.5, 0.6) is 5.75 Å². The van der Waals surface area contributed by atoms with Crippen LogP contribution in [0.2, 0.25) is 0 Å². The first-order valence-corrected chi connectivity index (χ1v) is 10.6. The minimum absolute atomic E-state index is 0.100. The lowest BCUT2D eigenvalue weighted by molar-refractivity contribution is 0.00578. The van der Waals surface area contributed by atoms with Crippen molar-refractivity contribution in [2.75, 3.05) is 13.1 Å². The molecule has 30 heavy (non-hydrogen) atoms. The fraction of sp³-hybridized carbons (Fsp3) is 0.682. The Morgan fingerprint density at radius 2 is 1.67 bits per heavy atom. The van der Waals surface area contributed by atoms with Crippen molar-refractivity contribution in [2.24, 2.45) is 0 Å². The van der Waals surface area contributed by atoms with E-state index in [1.807, 2.05) is 48.5 Å². The van der Waals surface area contributed by atoms with Gasteiger partial charge in [0.1, 0.15) is 23.3 Å². The topological polar surface area (TPSA) is 57.2 Å². The van der Waals surface area contributed by atoms with Crippen molar-refractivity contribution in [3.05, 3.63) is 24.0 Å². The Hall–Kier alpha value is -1.80. The van der Waals surface area contributed by atoms with E-state index in [0.29, 0.717) is 37.1 Å². The maximum atomic E-state index is 14.3. The van der Waals surface area contributed by atoms with Crippen molar-refractivity contribution in [2.45, 2.75) is 84.2 Å². The SMILES string of the molecule is CC(C)(C)OC(=O)N1CCC(Oc2cc(F)cc(B3OC(C)(C)C(C)(C)O3)c2)CC1. The van der Waals surface area contributed by atoms with Crippen LogP contribution >= 0.6 is 0 Å². The zero-order chi connectivity index (χ0) is 22.3. The number of carbonyl (C=O) groups is 1. The van der Waals surface area contributed by atoms with Gasteiger partial charge in [0, 0.05) is 32.0 Å². The van der Waals surface area contributed by atoms with E-state index in [2.05, 4.69) is 0 Å². The molecule has 1 aromatic carbocycles. The first-order valence-electron chi connectivity index (χ1n) is 10.6. The Balaban J connectivity index is 1.62. The van der Waals surface area contributed by atoms with E-state index in [0.717, 1.165) is 0 Å². The summed E-state index contributed by atoms with van der Waals surface area (Å²) in [5, 5.41) is 0. The van der Waals surface area contributed by atoms with E-state index in [1.165, 1.54) is 12.1 Å². The van der Waals surface area contributed by atoms with Gasteiger partial charge in [-0.1, -0.05) is 0 Å². The highest BCUT2D eigenvalue weighted by Gasteiger charge is 2.51. The van der Waals surface area contributed by atoms with Crippen LogP contribution in [0.3, 0.4) is 0 Å². The Labute approximate surface area is 179 Å². The summed E-state index contributed by atoms with van der Waals surface area (Å²) in [5.74, 6) is 0.0406. The molecule has 0 aromatic heterocycles. The van der Waals surface area contributed by atoms with Crippen molar-refractivity contribution in [3.8, 4) is 5.75 Å². The van der Waals surface area contributed by atoms with Crippen molar-refractivity contribution >= 4 is 18.7 Å². The van der Waals surface area contributed by atoms with E-state index in [4.69, 9.17) is 18.8 Å². The number of likely N-dealkylation sites (tertiary alicyclic amines) is 1. The third kappa shape index (κ3) is 5.27. The standard InChI is InChI=1S/C22H33BFNO5/c1-20(2,3)28-19(26)25-10-8-17(9-11-25)27-18-13-15(12-16(24)14-18)23-29-21(4,5)22(6,7)30-23/h12-14,17H,8-11H2,1-7H3. The van der Waals surface area contributed by atoms with E-state index in [9.17, 15) is 9.18 Å². The fourth-order valence-electron chi connectivity index (χ4n) is 3.44. The number of hydrogen-bond acceptors (Lipinski definition) is 5. The minimum Gasteiger partial charge on any atom is -0.490 e. The maximum absolute atomic E-state index is 14.3. The molecule has 2 fully saturated rings. The zero-order valence-electron chi connectivity index (χ0n) is 19.1. The highest BCUT2D eigenvalue weighted by Crippen LogP contribution is 2.36. The van der Waals surface area contributed by atoms with Crippen molar-refractivity contribution in [3.63, 3.8) is 0 Å². The number of ether oxygens (including phenoxy) is 2. The van der Waals surface area contributed by atoms with Crippen molar-refractivity contribution in [1.29, 1.82) is 0 Å². The molecule has 6 nitrogen and oxygen atoms in total. The summed E-state index contributed by atoms with van der Waals surface area (Å²) in [6.07, 6.45) is 0.898. The highest BCUT2D eigenvalue weighted by molar-refractivity contribution is 6.62. The molecule has 2 aliphatic heterocycles. The molecule has 0 aliphatic carbocycles. The van der Waals surface area contributed by atoms with Crippen LogP contribution in [-0.4, -0.2) is 54.1 Å². The van der Waals surface area contributed by atoms with Gasteiger partial charge in [-0.2, -0.15) is 0 Å². The highest BCUT2D eigenvalue weighted by atomic mass is 19.1. The first kappa shape index (κ1) is 22.9. The second kappa shape index (κ2) is 8.04. The molecule has 2 heterocycles. The predicted molar refractivity (Wildman–Crippen MR) is 114 cm³/mol. The van der Waals surface area contributed by atoms with Gasteiger partial charge in [0.15, 0.2) is 0 Å². The molecular weight excluding hydrogens is 388 g/mol. The third-order valence-corrected chi connectivity index (χ3v) is 5.82. The van der Waals surface area contributed by atoms with Gasteiger partial charge in [0.25, 0.3) is 0 Å². The second-order valence-corrected chi connectivity index (χ2v) is 10.1. The van der Waals surface area contributed by atoms with Gasteiger partial charge in [0.05, 0.1) is 11.2 Å². The van der Waals surface area contributed by atoms with Crippen LogP contribution in [0.25, 0.3) is 0 Å². The van der Waals surface area contributed by atoms with Crippen molar-refractivity contribution < 1.29 is 28.0 Å². The molecule has 0 saturated carbocycles. The number of halogens is 1. The van der Waals surface area contributed by atoms with Crippen LogP contribution < -0.4 is 10.2 Å². The van der Waals surface area contributed by atoms with Gasteiger partial charge >= 0.3 is 13.2 Å². The van der Waals surface area contributed by atoms with Crippen LogP contribution in [-0.2, 0) is 14.0 Å². The van der Waals surface area contributed by atoms with Gasteiger partial charge in [-0.3, -0.25) is 0 Å². The normalized spacial score (nSPS) is 21.6. The number of piperidine rings is 1. The van der Waals surface area contributed by atoms with E-state index in [-0.39, 0.29) is 12.2 Å². The number of hydrogen-bond donors (Lipinski definition) is 0. The van der Waals surface area contributed by atoms with E-state index < -0.39 is 29.7 Å². The van der Waals surface area contributed by atoms with Crippen LogP contribution in [0.15, 0.2) is 18.2 Å². The number of benzene rings is 1. The lowest BCUT2D eigenvalue weighted by Gasteiger charge is -2.33. The van der Waals surface area contributed by atoms with Gasteiger partial charge in [-0.15, -0.1) is 0 Å². The molecule has 2 aliphatic rings. The van der Waals surface area contributed by atoms with E-state index >= 15 is 0 Å². The monoisotopic (exact) mass is 421 g/mol. The fourth-order valence-corrected chi connectivity index (χ4v) is 3.44. The minimum atomic E-state index is -0.651. The Kier molecular flexibility index (Phi) is 6.13. The molecule has 1 aromatic rings. The number of amides is 1. The average Bonchev–Trinajstić information content (AvgIpc) is 2.81. The molecule has 166 valence electrons. The number of rotatable bonds is 3. The average molecular weight is 421 g/mol. The number of nitrogens with zero attached hydrogens (tertiary/aromatic N) is 1. The summed E-state index contributed by atoms with van der Waals surface area (Å²) >= 11 is 0. The Bertz CT molecular complexity index is 768. The summed E-state index contributed by atoms with van der Waals surface area (Å²) in [4.78, 5) is 13.9. The molecule has 0 unspecified atom stereocenters. The molecule has 2 saturated heterocycles.